The molecule has 0 radical (unpaired) electrons. The highest BCUT2D eigenvalue weighted by Gasteiger charge is 2.53. The molecule has 0 amide bonds. The summed E-state index contributed by atoms with van der Waals surface area (Å²) in [5, 5.41) is 0. The fourth-order valence-corrected chi connectivity index (χ4v) is 2.20. The number of hydrogen-bond donors (Lipinski definition) is 0. The van der Waals surface area contributed by atoms with Crippen LogP contribution in [0.4, 0.5) is 0 Å². The molecule has 2 nitrogen and oxygen atoms in total. The summed E-state index contributed by atoms with van der Waals surface area (Å²) in [7, 11) is 0. The van der Waals surface area contributed by atoms with Crippen molar-refractivity contribution in [2.75, 3.05) is 6.79 Å². The van der Waals surface area contributed by atoms with E-state index in [1.165, 1.54) is 0 Å². The van der Waals surface area contributed by atoms with E-state index in [0.717, 1.165) is 0 Å². The van der Waals surface area contributed by atoms with E-state index in [-0.39, 0.29) is 0 Å². The standard InChI is InChI=1S/C9H10O2/c1-2-4-7-6(3-1)8-9(7)11-5-10-8/h1-4,6-9H,5H2/t6-,7+,8+,9-. The lowest BCUT2D eigenvalue weighted by Crippen LogP contribution is -2.52. The summed E-state index contributed by atoms with van der Waals surface area (Å²) in [6, 6.07) is 0. The van der Waals surface area contributed by atoms with Gasteiger partial charge in [0.15, 0.2) is 0 Å². The summed E-state index contributed by atoms with van der Waals surface area (Å²) < 4.78 is 10.8. The number of rotatable bonds is 0. The van der Waals surface area contributed by atoms with Crippen LogP contribution in [0.25, 0.3) is 0 Å². The lowest BCUT2D eigenvalue weighted by molar-refractivity contribution is -0.0268. The Bertz CT molecular complexity index is 208. The van der Waals surface area contributed by atoms with Crippen molar-refractivity contribution in [1.82, 2.24) is 0 Å². The molecular weight excluding hydrogens is 140 g/mol. The molecule has 0 unspecified atom stereocenters. The molecule has 2 fully saturated rings. The third kappa shape index (κ3) is 0.638. The van der Waals surface area contributed by atoms with Crippen molar-refractivity contribution < 1.29 is 9.47 Å². The van der Waals surface area contributed by atoms with Crippen molar-refractivity contribution in [2.24, 2.45) is 11.8 Å². The monoisotopic (exact) mass is 150 g/mol. The Morgan fingerprint density at radius 1 is 0.909 bits per heavy atom. The van der Waals surface area contributed by atoms with E-state index in [0.29, 0.717) is 30.8 Å². The summed E-state index contributed by atoms with van der Waals surface area (Å²) in [6.45, 7) is 0.490. The van der Waals surface area contributed by atoms with Crippen LogP contribution in [0.15, 0.2) is 24.3 Å². The minimum Gasteiger partial charge on any atom is -0.349 e. The highest BCUT2D eigenvalue weighted by atomic mass is 16.7. The fourth-order valence-electron chi connectivity index (χ4n) is 2.20. The molecular formula is C9H10O2. The molecule has 58 valence electrons. The molecule has 0 spiro atoms. The first-order valence-electron chi connectivity index (χ1n) is 4.05. The lowest BCUT2D eigenvalue weighted by atomic mass is 9.67. The van der Waals surface area contributed by atoms with Gasteiger partial charge >= 0.3 is 0 Å². The Morgan fingerprint density at radius 3 is 2.00 bits per heavy atom. The van der Waals surface area contributed by atoms with Crippen LogP contribution in [0.1, 0.15) is 0 Å². The summed E-state index contributed by atoms with van der Waals surface area (Å²) in [4.78, 5) is 0. The van der Waals surface area contributed by atoms with Crippen LogP contribution in [-0.2, 0) is 9.47 Å². The van der Waals surface area contributed by atoms with E-state index in [1.807, 2.05) is 0 Å². The quantitative estimate of drug-likeness (QED) is 0.514. The molecule has 3 aliphatic rings. The molecule has 2 heteroatoms. The van der Waals surface area contributed by atoms with Crippen LogP contribution < -0.4 is 0 Å². The van der Waals surface area contributed by atoms with Gasteiger partial charge < -0.3 is 9.47 Å². The molecule has 0 aromatic carbocycles. The average Bonchev–Trinajstić information content (AvgIpc) is 2.44. The van der Waals surface area contributed by atoms with E-state index < -0.39 is 0 Å². The molecule has 0 aromatic rings. The number of hydrogen-bond acceptors (Lipinski definition) is 2. The van der Waals surface area contributed by atoms with Crippen molar-refractivity contribution >= 4 is 0 Å². The highest BCUT2D eigenvalue weighted by Crippen LogP contribution is 2.45. The Balaban J connectivity index is 1.90. The zero-order valence-electron chi connectivity index (χ0n) is 6.14. The maximum atomic E-state index is 5.41. The second-order valence-electron chi connectivity index (χ2n) is 3.30. The van der Waals surface area contributed by atoms with Gasteiger partial charge in [0, 0.05) is 11.8 Å². The van der Waals surface area contributed by atoms with Gasteiger partial charge in [-0.15, -0.1) is 0 Å². The first-order chi connectivity index (χ1) is 5.47. The minimum absolute atomic E-state index is 0.348. The number of ether oxygens (including phenoxy) is 2. The summed E-state index contributed by atoms with van der Waals surface area (Å²) in [5.41, 5.74) is 0. The predicted octanol–water partition coefficient (Wildman–Crippen LogP) is 1.10. The van der Waals surface area contributed by atoms with Crippen molar-refractivity contribution in [3.05, 3.63) is 24.3 Å². The van der Waals surface area contributed by atoms with E-state index in [4.69, 9.17) is 9.47 Å². The van der Waals surface area contributed by atoms with Crippen LogP contribution in [0, 0.1) is 11.8 Å². The SMILES string of the molecule is C1=C[C@@H]2[C@H](C=C1)[C@H]1OCO[C@@H]21. The van der Waals surface area contributed by atoms with Gasteiger partial charge in [-0.1, -0.05) is 24.3 Å². The Morgan fingerprint density at radius 2 is 1.45 bits per heavy atom. The predicted molar refractivity (Wildman–Crippen MR) is 39.9 cm³/mol. The molecule has 11 heavy (non-hydrogen) atoms. The van der Waals surface area contributed by atoms with E-state index in [2.05, 4.69) is 24.3 Å². The summed E-state index contributed by atoms with van der Waals surface area (Å²) >= 11 is 0. The first-order valence-corrected chi connectivity index (χ1v) is 4.05. The Hall–Kier alpha value is -0.600. The van der Waals surface area contributed by atoms with Gasteiger partial charge in [0.1, 0.15) is 6.79 Å². The first kappa shape index (κ1) is 5.98. The molecule has 4 atom stereocenters. The van der Waals surface area contributed by atoms with Gasteiger partial charge in [-0.25, -0.2) is 0 Å². The van der Waals surface area contributed by atoms with Gasteiger partial charge in [0.25, 0.3) is 0 Å². The molecule has 0 aromatic heterocycles. The van der Waals surface area contributed by atoms with Crippen molar-refractivity contribution in [3.63, 3.8) is 0 Å². The molecule has 2 aliphatic carbocycles. The van der Waals surface area contributed by atoms with Crippen LogP contribution in [-0.4, -0.2) is 19.0 Å². The zero-order valence-corrected chi connectivity index (χ0v) is 6.14. The van der Waals surface area contributed by atoms with Crippen LogP contribution >= 0.6 is 0 Å². The molecule has 1 heterocycles. The van der Waals surface area contributed by atoms with Gasteiger partial charge in [-0.3, -0.25) is 0 Å². The normalized spacial score (nSPS) is 51.6. The Kier molecular flexibility index (Phi) is 1.06. The molecule has 3 rings (SSSR count). The molecule has 0 bridgehead atoms. The number of fused-ring (bicyclic) bond motifs is 4. The van der Waals surface area contributed by atoms with Crippen LogP contribution in [0.5, 0.6) is 0 Å². The smallest absolute Gasteiger partial charge is 0.147 e. The van der Waals surface area contributed by atoms with Gasteiger partial charge in [-0.05, 0) is 0 Å². The highest BCUT2D eigenvalue weighted by molar-refractivity contribution is 5.24. The second kappa shape index (κ2) is 1.96. The van der Waals surface area contributed by atoms with Crippen molar-refractivity contribution in [2.45, 2.75) is 12.2 Å². The fraction of sp³-hybridized carbons (Fsp3) is 0.556. The maximum absolute atomic E-state index is 5.41. The molecule has 1 saturated heterocycles. The summed E-state index contributed by atoms with van der Waals surface area (Å²) in [6.07, 6.45) is 9.33. The lowest BCUT2D eigenvalue weighted by Gasteiger charge is -2.44. The summed E-state index contributed by atoms with van der Waals surface area (Å²) in [5.74, 6) is 1.18. The van der Waals surface area contributed by atoms with Crippen LogP contribution in [0.2, 0.25) is 0 Å². The minimum atomic E-state index is 0.348. The average molecular weight is 150 g/mol. The maximum Gasteiger partial charge on any atom is 0.147 e. The zero-order chi connectivity index (χ0) is 7.26. The number of allylic oxidation sites excluding steroid dienone is 2. The third-order valence-corrected chi connectivity index (χ3v) is 2.83. The van der Waals surface area contributed by atoms with Gasteiger partial charge in [0.05, 0.1) is 12.2 Å². The van der Waals surface area contributed by atoms with Gasteiger partial charge in [0.2, 0.25) is 0 Å². The topological polar surface area (TPSA) is 18.5 Å². The second-order valence-corrected chi connectivity index (χ2v) is 3.30. The van der Waals surface area contributed by atoms with Crippen LogP contribution in [0.3, 0.4) is 0 Å². The van der Waals surface area contributed by atoms with E-state index >= 15 is 0 Å². The van der Waals surface area contributed by atoms with Gasteiger partial charge in [-0.2, -0.15) is 0 Å². The van der Waals surface area contributed by atoms with Crippen molar-refractivity contribution in [3.8, 4) is 0 Å². The largest absolute Gasteiger partial charge is 0.349 e. The van der Waals surface area contributed by atoms with Crippen molar-refractivity contribution in [1.29, 1.82) is 0 Å². The molecule has 1 aliphatic heterocycles. The third-order valence-electron chi connectivity index (χ3n) is 2.83. The van der Waals surface area contributed by atoms with E-state index in [9.17, 15) is 0 Å². The molecule has 1 saturated carbocycles. The molecule has 0 N–H and O–H groups in total. The van der Waals surface area contributed by atoms with E-state index in [1.54, 1.807) is 0 Å². The Labute approximate surface area is 65.5 Å².